The van der Waals surface area contributed by atoms with Crippen LogP contribution in [-0.4, -0.2) is 6.72 Å². The molecule has 0 saturated carbocycles. The molecule has 0 saturated heterocycles. The fourth-order valence-corrected chi connectivity index (χ4v) is 1.39. The zero-order chi connectivity index (χ0) is 11.5. The molecular formula is C13H18N2. The van der Waals surface area contributed by atoms with Crippen LogP contribution in [0.25, 0.3) is 6.08 Å². The molecule has 0 fully saturated rings. The van der Waals surface area contributed by atoms with Gasteiger partial charge in [-0.05, 0) is 28.7 Å². The zero-order valence-corrected chi connectivity index (χ0v) is 9.67. The number of nitrogens with zero attached hydrogens (tertiary/aromatic N) is 1. The van der Waals surface area contributed by atoms with Gasteiger partial charge in [0.2, 0.25) is 0 Å². The average molecular weight is 202 g/mol. The van der Waals surface area contributed by atoms with Crippen LogP contribution in [-0.2, 0) is 5.41 Å². The Bertz CT molecular complexity index is 373. The van der Waals surface area contributed by atoms with E-state index in [1.807, 2.05) is 12.1 Å². The van der Waals surface area contributed by atoms with Gasteiger partial charge in [0.25, 0.3) is 0 Å². The van der Waals surface area contributed by atoms with E-state index in [2.05, 4.69) is 56.7 Å². The average Bonchev–Trinajstić information content (AvgIpc) is 2.17. The molecule has 0 aliphatic rings. The number of hydrazone groups is 1. The topological polar surface area (TPSA) is 24.4 Å². The van der Waals surface area contributed by atoms with Gasteiger partial charge >= 0.3 is 0 Å². The molecule has 1 aromatic rings. The third-order valence-electron chi connectivity index (χ3n) is 2.34. The highest BCUT2D eigenvalue weighted by atomic mass is 15.3. The second-order valence-corrected chi connectivity index (χ2v) is 4.53. The van der Waals surface area contributed by atoms with Crippen molar-refractivity contribution in [1.82, 2.24) is 0 Å². The predicted octanol–water partition coefficient (Wildman–Crippen LogP) is 3.65. The SMILES string of the molecule is C=Cc1cc(C(C)(C)C)ccc1NN=C. The van der Waals surface area contributed by atoms with Crippen LogP contribution in [0.4, 0.5) is 5.69 Å². The van der Waals surface area contributed by atoms with E-state index in [9.17, 15) is 0 Å². The summed E-state index contributed by atoms with van der Waals surface area (Å²) in [6, 6.07) is 6.23. The maximum absolute atomic E-state index is 3.79. The molecule has 1 rings (SSSR count). The highest BCUT2D eigenvalue weighted by Gasteiger charge is 2.14. The quantitative estimate of drug-likeness (QED) is 0.587. The van der Waals surface area contributed by atoms with Gasteiger partial charge in [0.1, 0.15) is 0 Å². The second-order valence-electron chi connectivity index (χ2n) is 4.53. The summed E-state index contributed by atoms with van der Waals surface area (Å²) in [5, 5.41) is 3.66. The molecule has 2 heteroatoms. The molecule has 80 valence electrons. The zero-order valence-electron chi connectivity index (χ0n) is 9.67. The third-order valence-corrected chi connectivity index (χ3v) is 2.34. The van der Waals surface area contributed by atoms with Gasteiger partial charge < -0.3 is 0 Å². The lowest BCUT2D eigenvalue weighted by molar-refractivity contribution is 0.590. The molecular weight excluding hydrogens is 184 g/mol. The fraction of sp³-hybridized carbons (Fsp3) is 0.308. The summed E-state index contributed by atoms with van der Waals surface area (Å²) >= 11 is 0. The van der Waals surface area contributed by atoms with Crippen LogP contribution in [0, 0.1) is 0 Å². The predicted molar refractivity (Wildman–Crippen MR) is 68.4 cm³/mol. The Morgan fingerprint density at radius 1 is 1.33 bits per heavy atom. The van der Waals surface area contributed by atoms with Gasteiger partial charge in [-0.2, -0.15) is 5.10 Å². The largest absolute Gasteiger partial charge is 0.278 e. The first kappa shape index (κ1) is 11.5. The normalized spacial score (nSPS) is 10.9. The molecule has 1 aromatic carbocycles. The Labute approximate surface area is 91.7 Å². The van der Waals surface area contributed by atoms with Crippen LogP contribution < -0.4 is 5.43 Å². The Hall–Kier alpha value is -1.57. The molecule has 2 nitrogen and oxygen atoms in total. The van der Waals surface area contributed by atoms with E-state index in [4.69, 9.17) is 0 Å². The monoisotopic (exact) mass is 202 g/mol. The van der Waals surface area contributed by atoms with Crippen molar-refractivity contribution < 1.29 is 0 Å². The first-order valence-corrected chi connectivity index (χ1v) is 4.97. The molecule has 0 spiro atoms. The summed E-state index contributed by atoms with van der Waals surface area (Å²) in [6.07, 6.45) is 1.82. The summed E-state index contributed by atoms with van der Waals surface area (Å²) in [5.74, 6) is 0. The minimum Gasteiger partial charge on any atom is -0.278 e. The van der Waals surface area contributed by atoms with Crippen LogP contribution in [0.2, 0.25) is 0 Å². The molecule has 0 amide bonds. The van der Waals surface area contributed by atoms with Crippen molar-refractivity contribution in [3.63, 3.8) is 0 Å². The van der Waals surface area contributed by atoms with Crippen molar-refractivity contribution in [2.45, 2.75) is 26.2 Å². The lowest BCUT2D eigenvalue weighted by Crippen LogP contribution is -2.11. The van der Waals surface area contributed by atoms with Crippen molar-refractivity contribution in [1.29, 1.82) is 0 Å². The van der Waals surface area contributed by atoms with Gasteiger partial charge in [0.15, 0.2) is 0 Å². The first-order chi connectivity index (χ1) is 6.99. The fourth-order valence-electron chi connectivity index (χ4n) is 1.39. The summed E-state index contributed by atoms with van der Waals surface area (Å²) in [7, 11) is 0. The number of hydrogen-bond acceptors (Lipinski definition) is 2. The molecule has 0 bridgehead atoms. The first-order valence-electron chi connectivity index (χ1n) is 4.97. The lowest BCUT2D eigenvalue weighted by Gasteiger charge is -2.20. The minimum atomic E-state index is 0.151. The lowest BCUT2D eigenvalue weighted by atomic mass is 9.86. The maximum Gasteiger partial charge on any atom is 0.0633 e. The van der Waals surface area contributed by atoms with Crippen molar-refractivity contribution in [2.24, 2.45) is 5.10 Å². The van der Waals surface area contributed by atoms with Crippen molar-refractivity contribution >= 4 is 18.5 Å². The molecule has 0 heterocycles. The highest BCUT2D eigenvalue weighted by Crippen LogP contribution is 2.27. The van der Waals surface area contributed by atoms with Crippen LogP contribution in [0.1, 0.15) is 31.9 Å². The molecule has 1 N–H and O–H groups in total. The third kappa shape index (κ3) is 2.69. The van der Waals surface area contributed by atoms with Gasteiger partial charge in [0, 0.05) is 6.72 Å². The minimum absolute atomic E-state index is 0.151. The summed E-state index contributed by atoms with van der Waals surface area (Å²) < 4.78 is 0. The van der Waals surface area contributed by atoms with Gasteiger partial charge in [-0.1, -0.05) is 39.5 Å². The summed E-state index contributed by atoms with van der Waals surface area (Å²) in [4.78, 5) is 0. The Morgan fingerprint density at radius 3 is 2.47 bits per heavy atom. The number of hydrogen-bond donors (Lipinski definition) is 1. The van der Waals surface area contributed by atoms with Crippen LogP contribution in [0.3, 0.4) is 0 Å². The van der Waals surface area contributed by atoms with Gasteiger partial charge in [-0.3, -0.25) is 5.43 Å². The summed E-state index contributed by atoms with van der Waals surface area (Å²) in [5.41, 5.74) is 6.27. The number of nitrogens with one attached hydrogen (secondary N) is 1. The summed E-state index contributed by atoms with van der Waals surface area (Å²) in [6.45, 7) is 13.8. The van der Waals surface area contributed by atoms with Crippen molar-refractivity contribution in [2.75, 3.05) is 5.43 Å². The smallest absolute Gasteiger partial charge is 0.0633 e. The molecule has 0 aliphatic carbocycles. The van der Waals surface area contributed by atoms with E-state index < -0.39 is 0 Å². The molecule has 0 aromatic heterocycles. The van der Waals surface area contributed by atoms with E-state index in [0.717, 1.165) is 11.3 Å². The van der Waals surface area contributed by atoms with E-state index in [1.54, 1.807) is 0 Å². The molecule has 0 radical (unpaired) electrons. The standard InChI is InChI=1S/C13H18N2/c1-6-10-9-11(13(2,3)4)7-8-12(10)15-14-5/h6-9,15H,1,5H2,2-4H3. The molecule has 0 aliphatic heterocycles. The molecule has 0 unspecified atom stereocenters. The molecule has 15 heavy (non-hydrogen) atoms. The number of anilines is 1. The Balaban J connectivity index is 3.18. The van der Waals surface area contributed by atoms with E-state index in [1.165, 1.54) is 5.56 Å². The van der Waals surface area contributed by atoms with Crippen molar-refractivity contribution in [3.8, 4) is 0 Å². The molecule has 0 atom stereocenters. The van der Waals surface area contributed by atoms with E-state index in [-0.39, 0.29) is 5.41 Å². The van der Waals surface area contributed by atoms with Gasteiger partial charge in [-0.15, -0.1) is 0 Å². The van der Waals surface area contributed by atoms with Crippen LogP contribution >= 0.6 is 0 Å². The number of benzene rings is 1. The van der Waals surface area contributed by atoms with Crippen LogP contribution in [0.15, 0.2) is 29.9 Å². The number of rotatable bonds is 3. The Morgan fingerprint density at radius 2 is 2.00 bits per heavy atom. The highest BCUT2D eigenvalue weighted by molar-refractivity contribution is 5.67. The van der Waals surface area contributed by atoms with Gasteiger partial charge in [0.05, 0.1) is 5.69 Å². The second kappa shape index (κ2) is 4.30. The van der Waals surface area contributed by atoms with Gasteiger partial charge in [-0.25, -0.2) is 0 Å². The maximum atomic E-state index is 3.79. The van der Waals surface area contributed by atoms with E-state index >= 15 is 0 Å². The van der Waals surface area contributed by atoms with Crippen molar-refractivity contribution in [3.05, 3.63) is 35.9 Å². The van der Waals surface area contributed by atoms with E-state index in [0.29, 0.717) is 0 Å². The van der Waals surface area contributed by atoms with Crippen LogP contribution in [0.5, 0.6) is 0 Å². The Kier molecular flexibility index (Phi) is 3.30.